The lowest BCUT2D eigenvalue weighted by Gasteiger charge is -2.40. The fourth-order valence-electron chi connectivity index (χ4n) is 4.77. The normalized spacial score (nSPS) is 23.3. The SMILES string of the molecule is CCS(=O)(=O)C1(c2cc(N3[C@H](C)COC[C@@H]3C)nc(-c3cccc4[nH]ccc34)n2)CC1. The Kier molecular flexibility index (Phi) is 4.82. The molecule has 2 atom stereocenters. The van der Waals surface area contributed by atoms with Gasteiger partial charge in [0, 0.05) is 34.5 Å². The van der Waals surface area contributed by atoms with Crippen molar-refractivity contribution in [3.05, 3.63) is 42.2 Å². The lowest BCUT2D eigenvalue weighted by Crippen LogP contribution is -2.50. The highest BCUT2D eigenvalue weighted by molar-refractivity contribution is 7.92. The Hall–Kier alpha value is -2.45. The first-order valence-electron chi connectivity index (χ1n) is 10.9. The van der Waals surface area contributed by atoms with E-state index in [1.54, 1.807) is 6.92 Å². The summed E-state index contributed by atoms with van der Waals surface area (Å²) in [6.45, 7) is 7.17. The molecule has 1 N–H and O–H groups in total. The molecule has 0 amide bonds. The maximum Gasteiger partial charge on any atom is 0.162 e. The van der Waals surface area contributed by atoms with Crippen LogP contribution in [0.3, 0.4) is 0 Å². The lowest BCUT2D eigenvalue weighted by atomic mass is 10.1. The minimum Gasteiger partial charge on any atom is -0.377 e. The van der Waals surface area contributed by atoms with Gasteiger partial charge in [0.15, 0.2) is 15.7 Å². The van der Waals surface area contributed by atoms with Crippen molar-refractivity contribution in [1.82, 2.24) is 15.0 Å². The molecule has 8 heteroatoms. The zero-order chi connectivity index (χ0) is 21.8. The fourth-order valence-corrected chi connectivity index (χ4v) is 6.47. The third kappa shape index (κ3) is 3.24. The van der Waals surface area contributed by atoms with Gasteiger partial charge in [-0.3, -0.25) is 0 Å². The Morgan fingerprint density at radius 2 is 1.90 bits per heavy atom. The molecule has 0 radical (unpaired) electrons. The number of hydrogen-bond donors (Lipinski definition) is 1. The average Bonchev–Trinajstić information content (AvgIpc) is 3.45. The van der Waals surface area contributed by atoms with Crippen molar-refractivity contribution < 1.29 is 13.2 Å². The van der Waals surface area contributed by atoms with Crippen LogP contribution in [0, 0.1) is 0 Å². The second kappa shape index (κ2) is 7.31. The molecule has 3 aromatic rings. The molecule has 164 valence electrons. The molecule has 3 heterocycles. The monoisotopic (exact) mass is 440 g/mol. The Morgan fingerprint density at radius 1 is 1.16 bits per heavy atom. The number of nitrogens with zero attached hydrogens (tertiary/aromatic N) is 3. The summed E-state index contributed by atoms with van der Waals surface area (Å²) in [4.78, 5) is 15.3. The summed E-state index contributed by atoms with van der Waals surface area (Å²) in [5, 5.41) is 1.02. The van der Waals surface area contributed by atoms with Gasteiger partial charge in [-0.25, -0.2) is 18.4 Å². The van der Waals surface area contributed by atoms with Crippen LogP contribution in [0.1, 0.15) is 39.3 Å². The molecule has 1 saturated carbocycles. The van der Waals surface area contributed by atoms with Crippen LogP contribution in [0.4, 0.5) is 5.82 Å². The van der Waals surface area contributed by atoms with Crippen LogP contribution in [0.2, 0.25) is 0 Å². The van der Waals surface area contributed by atoms with Crippen molar-refractivity contribution in [2.45, 2.75) is 50.4 Å². The van der Waals surface area contributed by atoms with Crippen LogP contribution in [0.5, 0.6) is 0 Å². The maximum atomic E-state index is 13.0. The van der Waals surface area contributed by atoms with Crippen molar-refractivity contribution in [2.75, 3.05) is 23.9 Å². The number of benzene rings is 1. The van der Waals surface area contributed by atoms with Gasteiger partial charge in [0.1, 0.15) is 10.6 Å². The predicted molar refractivity (Wildman–Crippen MR) is 122 cm³/mol. The molecule has 1 aliphatic heterocycles. The average molecular weight is 441 g/mol. The molecule has 1 saturated heterocycles. The van der Waals surface area contributed by atoms with Crippen LogP contribution >= 0.6 is 0 Å². The molecular formula is C23H28N4O3S. The number of nitrogens with one attached hydrogen (secondary N) is 1. The number of H-pyrrole nitrogens is 1. The van der Waals surface area contributed by atoms with Gasteiger partial charge in [-0.2, -0.15) is 0 Å². The fraction of sp³-hybridized carbons (Fsp3) is 0.478. The van der Waals surface area contributed by atoms with E-state index >= 15 is 0 Å². The van der Waals surface area contributed by atoms with E-state index in [9.17, 15) is 8.42 Å². The summed E-state index contributed by atoms with van der Waals surface area (Å²) >= 11 is 0. The summed E-state index contributed by atoms with van der Waals surface area (Å²) < 4.78 is 30.9. The van der Waals surface area contributed by atoms with E-state index in [-0.39, 0.29) is 17.8 Å². The van der Waals surface area contributed by atoms with E-state index in [2.05, 4.69) is 23.7 Å². The molecule has 1 aliphatic carbocycles. The first kappa shape index (κ1) is 20.5. The van der Waals surface area contributed by atoms with Gasteiger partial charge in [0.2, 0.25) is 0 Å². The minimum absolute atomic E-state index is 0.111. The van der Waals surface area contributed by atoms with Crippen LogP contribution in [0.25, 0.3) is 22.3 Å². The molecule has 0 spiro atoms. The Morgan fingerprint density at radius 3 is 2.58 bits per heavy atom. The van der Waals surface area contributed by atoms with E-state index in [4.69, 9.17) is 14.7 Å². The Balaban J connectivity index is 1.73. The number of ether oxygens (including phenoxy) is 1. The summed E-state index contributed by atoms with van der Waals surface area (Å²) in [6, 6.07) is 10.2. The molecule has 5 rings (SSSR count). The largest absolute Gasteiger partial charge is 0.377 e. The van der Waals surface area contributed by atoms with E-state index in [0.29, 0.717) is 37.6 Å². The molecule has 2 aliphatic rings. The standard InChI is InChI=1S/C23H28N4O3S/c1-4-31(28,29)23(9-10-23)20-12-21(27-15(2)13-30-14-16(27)3)26-22(25-20)18-6-5-7-19-17(18)8-11-24-19/h5-8,11-12,15-16,24H,4,9-10,13-14H2,1-3H3/t15-,16+. The molecule has 31 heavy (non-hydrogen) atoms. The molecule has 2 aromatic heterocycles. The smallest absolute Gasteiger partial charge is 0.162 e. The van der Waals surface area contributed by atoms with Crippen molar-refractivity contribution >= 4 is 26.6 Å². The van der Waals surface area contributed by atoms with Crippen molar-refractivity contribution in [3.63, 3.8) is 0 Å². The minimum atomic E-state index is -3.28. The Bertz CT molecular complexity index is 1220. The van der Waals surface area contributed by atoms with Gasteiger partial charge < -0.3 is 14.6 Å². The summed E-state index contributed by atoms with van der Waals surface area (Å²) in [7, 11) is -3.28. The van der Waals surface area contributed by atoms with E-state index in [1.807, 2.05) is 36.5 Å². The highest BCUT2D eigenvalue weighted by atomic mass is 32.2. The highest BCUT2D eigenvalue weighted by Gasteiger charge is 2.56. The second-order valence-electron chi connectivity index (χ2n) is 8.72. The topological polar surface area (TPSA) is 88.2 Å². The summed E-state index contributed by atoms with van der Waals surface area (Å²) in [5.41, 5.74) is 2.52. The van der Waals surface area contributed by atoms with Crippen LogP contribution in [0.15, 0.2) is 36.5 Å². The van der Waals surface area contributed by atoms with Gasteiger partial charge in [-0.15, -0.1) is 0 Å². The molecule has 0 unspecified atom stereocenters. The number of rotatable bonds is 5. The van der Waals surface area contributed by atoms with E-state index < -0.39 is 14.6 Å². The molecule has 1 aromatic carbocycles. The van der Waals surface area contributed by atoms with Crippen molar-refractivity contribution in [1.29, 1.82) is 0 Å². The van der Waals surface area contributed by atoms with Crippen LogP contribution < -0.4 is 4.90 Å². The number of anilines is 1. The number of fused-ring (bicyclic) bond motifs is 1. The summed E-state index contributed by atoms with van der Waals surface area (Å²) in [6.07, 6.45) is 3.12. The highest BCUT2D eigenvalue weighted by Crippen LogP contribution is 2.53. The molecular weight excluding hydrogens is 412 g/mol. The van der Waals surface area contributed by atoms with Gasteiger partial charge >= 0.3 is 0 Å². The number of sulfone groups is 1. The van der Waals surface area contributed by atoms with Gasteiger partial charge in [0.25, 0.3) is 0 Å². The third-order valence-electron chi connectivity index (χ3n) is 6.63. The Labute approximate surface area is 182 Å². The lowest BCUT2D eigenvalue weighted by molar-refractivity contribution is 0.0752. The molecule has 7 nitrogen and oxygen atoms in total. The van der Waals surface area contributed by atoms with Crippen LogP contribution in [-0.2, 0) is 19.3 Å². The van der Waals surface area contributed by atoms with Gasteiger partial charge in [-0.05, 0) is 38.8 Å². The summed E-state index contributed by atoms with van der Waals surface area (Å²) in [5.74, 6) is 1.45. The third-order valence-corrected chi connectivity index (χ3v) is 9.20. The quantitative estimate of drug-likeness (QED) is 0.651. The predicted octanol–water partition coefficient (Wildman–Crippen LogP) is 3.66. The van der Waals surface area contributed by atoms with Crippen molar-refractivity contribution in [3.8, 4) is 11.4 Å². The zero-order valence-electron chi connectivity index (χ0n) is 18.1. The first-order valence-corrected chi connectivity index (χ1v) is 12.6. The first-order chi connectivity index (χ1) is 14.9. The van der Waals surface area contributed by atoms with Gasteiger partial charge in [0.05, 0.1) is 31.0 Å². The number of morpholine rings is 1. The van der Waals surface area contributed by atoms with Crippen LogP contribution in [-0.4, -0.2) is 54.4 Å². The van der Waals surface area contributed by atoms with Crippen molar-refractivity contribution in [2.24, 2.45) is 0 Å². The van der Waals surface area contributed by atoms with E-state index in [0.717, 1.165) is 22.3 Å². The number of aromatic nitrogens is 3. The van der Waals surface area contributed by atoms with Gasteiger partial charge in [-0.1, -0.05) is 19.1 Å². The maximum absolute atomic E-state index is 13.0. The number of hydrogen-bond acceptors (Lipinski definition) is 6. The second-order valence-corrected chi connectivity index (χ2v) is 11.3. The molecule has 0 bridgehead atoms. The molecule has 2 fully saturated rings. The number of aromatic amines is 1. The van der Waals surface area contributed by atoms with E-state index in [1.165, 1.54) is 0 Å². The zero-order valence-corrected chi connectivity index (χ0v) is 18.9.